The van der Waals surface area contributed by atoms with Crippen molar-refractivity contribution in [3.05, 3.63) is 59.5 Å². The Labute approximate surface area is 173 Å². The summed E-state index contributed by atoms with van der Waals surface area (Å²) in [6.45, 7) is 1.44. The SMILES string of the molecule is CN(C)CCOC(=O)C(=O)c1ccc(OCCOc2ccc3ccccc3c2)s1. The Bertz CT molecular complexity index is 982. The molecule has 0 saturated heterocycles. The highest BCUT2D eigenvalue weighted by molar-refractivity contribution is 7.16. The Morgan fingerprint density at radius 3 is 2.45 bits per heavy atom. The van der Waals surface area contributed by atoms with Gasteiger partial charge in [-0.1, -0.05) is 41.7 Å². The van der Waals surface area contributed by atoms with Crippen LogP contribution < -0.4 is 9.47 Å². The number of rotatable bonds is 10. The number of ether oxygens (including phenoxy) is 3. The van der Waals surface area contributed by atoms with Crippen molar-refractivity contribution in [2.45, 2.75) is 0 Å². The lowest BCUT2D eigenvalue weighted by molar-refractivity contribution is -0.138. The monoisotopic (exact) mass is 413 g/mol. The molecule has 0 atom stereocenters. The van der Waals surface area contributed by atoms with Crippen LogP contribution in [0.2, 0.25) is 0 Å². The minimum Gasteiger partial charge on any atom is -0.490 e. The number of Topliss-reactive ketones (excluding diaryl/α,β-unsaturated/α-hetero) is 1. The molecule has 152 valence electrons. The van der Waals surface area contributed by atoms with E-state index >= 15 is 0 Å². The molecule has 0 bridgehead atoms. The first-order valence-electron chi connectivity index (χ1n) is 9.23. The van der Waals surface area contributed by atoms with Crippen LogP contribution in [0.5, 0.6) is 10.8 Å². The molecule has 6 nitrogen and oxygen atoms in total. The smallest absolute Gasteiger partial charge is 0.380 e. The van der Waals surface area contributed by atoms with E-state index in [9.17, 15) is 9.59 Å². The van der Waals surface area contributed by atoms with Gasteiger partial charge < -0.3 is 19.1 Å². The molecule has 0 radical (unpaired) electrons. The Morgan fingerprint density at radius 1 is 0.897 bits per heavy atom. The average Bonchev–Trinajstić information content (AvgIpc) is 3.19. The molecule has 1 heterocycles. The Hall–Kier alpha value is -2.90. The van der Waals surface area contributed by atoms with E-state index in [1.54, 1.807) is 12.1 Å². The molecule has 0 aliphatic carbocycles. The molecule has 0 aliphatic rings. The van der Waals surface area contributed by atoms with E-state index in [4.69, 9.17) is 14.2 Å². The van der Waals surface area contributed by atoms with Gasteiger partial charge in [0.25, 0.3) is 5.78 Å². The molecule has 7 heteroatoms. The number of carbonyl (C=O) groups excluding carboxylic acids is 2. The van der Waals surface area contributed by atoms with Gasteiger partial charge in [0.2, 0.25) is 0 Å². The van der Waals surface area contributed by atoms with Gasteiger partial charge in [-0.3, -0.25) is 4.79 Å². The van der Waals surface area contributed by atoms with Gasteiger partial charge in [-0.25, -0.2) is 4.79 Å². The maximum atomic E-state index is 12.1. The Kier molecular flexibility index (Phi) is 7.21. The second-order valence-corrected chi connectivity index (χ2v) is 7.64. The molecule has 1 aromatic heterocycles. The van der Waals surface area contributed by atoms with E-state index in [0.717, 1.165) is 27.9 Å². The van der Waals surface area contributed by atoms with Crippen molar-refractivity contribution in [1.82, 2.24) is 4.90 Å². The zero-order chi connectivity index (χ0) is 20.6. The normalized spacial score (nSPS) is 10.9. The maximum Gasteiger partial charge on any atom is 0.380 e. The van der Waals surface area contributed by atoms with E-state index in [2.05, 4.69) is 6.07 Å². The number of thiophene rings is 1. The zero-order valence-electron chi connectivity index (χ0n) is 16.4. The standard InChI is InChI=1S/C22H23NO5S/c1-23(2)11-12-28-22(25)21(24)19-9-10-20(29-19)27-14-13-26-18-8-7-16-5-3-4-6-17(16)15-18/h3-10,15H,11-14H2,1-2H3. The quantitative estimate of drug-likeness (QED) is 0.219. The molecule has 2 aromatic carbocycles. The average molecular weight is 413 g/mol. The highest BCUT2D eigenvalue weighted by Gasteiger charge is 2.20. The molecule has 0 unspecified atom stereocenters. The second kappa shape index (κ2) is 10.0. The molecule has 0 saturated carbocycles. The summed E-state index contributed by atoms with van der Waals surface area (Å²) in [4.78, 5) is 26.1. The minimum absolute atomic E-state index is 0.179. The molecule has 3 rings (SSSR count). The van der Waals surface area contributed by atoms with Crippen LogP contribution in [0.15, 0.2) is 54.6 Å². The van der Waals surface area contributed by atoms with E-state index in [0.29, 0.717) is 29.7 Å². The highest BCUT2D eigenvalue weighted by atomic mass is 32.1. The summed E-state index contributed by atoms with van der Waals surface area (Å²) in [6.07, 6.45) is 0. The second-order valence-electron chi connectivity index (χ2n) is 6.59. The molecule has 3 aromatic rings. The summed E-state index contributed by atoms with van der Waals surface area (Å²) in [5, 5.41) is 2.83. The summed E-state index contributed by atoms with van der Waals surface area (Å²) in [5.74, 6) is -0.731. The lowest BCUT2D eigenvalue weighted by atomic mass is 10.1. The maximum absolute atomic E-state index is 12.1. The van der Waals surface area contributed by atoms with Crippen LogP contribution in [-0.4, -0.2) is 57.1 Å². The predicted molar refractivity (Wildman–Crippen MR) is 113 cm³/mol. The lowest BCUT2D eigenvalue weighted by Gasteiger charge is -2.09. The third-order valence-electron chi connectivity index (χ3n) is 4.08. The van der Waals surface area contributed by atoms with Gasteiger partial charge in [0.1, 0.15) is 25.6 Å². The molecule has 0 amide bonds. The predicted octanol–water partition coefficient (Wildman–Crippen LogP) is 3.65. The summed E-state index contributed by atoms with van der Waals surface area (Å²) in [6, 6.07) is 17.2. The van der Waals surface area contributed by atoms with Crippen molar-refractivity contribution in [3.63, 3.8) is 0 Å². The van der Waals surface area contributed by atoms with Gasteiger partial charge in [0.15, 0.2) is 5.06 Å². The number of likely N-dealkylation sites (N-methyl/N-ethyl adjacent to an activating group) is 1. The first-order valence-corrected chi connectivity index (χ1v) is 10.0. The van der Waals surface area contributed by atoms with Gasteiger partial charge in [0.05, 0.1) is 4.88 Å². The van der Waals surface area contributed by atoms with Gasteiger partial charge in [-0.2, -0.15) is 0 Å². The molecule has 0 spiro atoms. The Balaban J connectivity index is 1.43. The fourth-order valence-corrected chi connectivity index (χ4v) is 3.37. The molecule has 0 aliphatic heterocycles. The van der Waals surface area contributed by atoms with Crippen molar-refractivity contribution >= 4 is 33.9 Å². The third kappa shape index (κ3) is 6.04. The van der Waals surface area contributed by atoms with Crippen molar-refractivity contribution < 1.29 is 23.8 Å². The first-order chi connectivity index (χ1) is 14.0. The summed E-state index contributed by atoms with van der Waals surface area (Å²) in [7, 11) is 3.73. The van der Waals surface area contributed by atoms with Crippen LogP contribution in [0.25, 0.3) is 10.8 Å². The summed E-state index contributed by atoms with van der Waals surface area (Å²) < 4.78 is 16.3. The number of hydrogen-bond donors (Lipinski definition) is 0. The zero-order valence-corrected chi connectivity index (χ0v) is 17.2. The van der Waals surface area contributed by atoms with Crippen LogP contribution in [0.4, 0.5) is 0 Å². The minimum atomic E-state index is -0.847. The van der Waals surface area contributed by atoms with Crippen molar-refractivity contribution in [2.75, 3.05) is 40.5 Å². The molecule has 0 fully saturated rings. The molecule has 29 heavy (non-hydrogen) atoms. The van der Waals surface area contributed by atoms with Crippen LogP contribution in [-0.2, 0) is 9.53 Å². The van der Waals surface area contributed by atoms with Gasteiger partial charge in [-0.05, 0) is 49.1 Å². The fourth-order valence-electron chi connectivity index (χ4n) is 2.57. The highest BCUT2D eigenvalue weighted by Crippen LogP contribution is 2.25. The Morgan fingerprint density at radius 2 is 1.66 bits per heavy atom. The van der Waals surface area contributed by atoms with Gasteiger partial charge in [-0.15, -0.1) is 0 Å². The summed E-state index contributed by atoms with van der Waals surface area (Å²) in [5.41, 5.74) is 0. The molecule has 0 N–H and O–H groups in total. The van der Waals surface area contributed by atoms with Gasteiger partial charge in [0, 0.05) is 6.54 Å². The van der Waals surface area contributed by atoms with Crippen LogP contribution in [0.3, 0.4) is 0 Å². The van der Waals surface area contributed by atoms with Crippen LogP contribution in [0.1, 0.15) is 9.67 Å². The van der Waals surface area contributed by atoms with Crippen molar-refractivity contribution in [2.24, 2.45) is 0 Å². The number of ketones is 1. The number of benzene rings is 2. The fraction of sp³-hybridized carbons (Fsp3) is 0.273. The summed E-state index contributed by atoms with van der Waals surface area (Å²) >= 11 is 1.12. The van der Waals surface area contributed by atoms with Gasteiger partial charge >= 0.3 is 5.97 Å². The van der Waals surface area contributed by atoms with Crippen LogP contribution in [0, 0.1) is 0 Å². The van der Waals surface area contributed by atoms with E-state index in [-0.39, 0.29) is 6.61 Å². The van der Waals surface area contributed by atoms with Crippen LogP contribution >= 0.6 is 11.3 Å². The van der Waals surface area contributed by atoms with Crippen molar-refractivity contribution in [1.29, 1.82) is 0 Å². The van der Waals surface area contributed by atoms with Crippen molar-refractivity contribution in [3.8, 4) is 10.8 Å². The van der Waals surface area contributed by atoms with E-state index in [1.807, 2.05) is 55.4 Å². The largest absolute Gasteiger partial charge is 0.490 e. The third-order valence-corrected chi connectivity index (χ3v) is 5.08. The number of esters is 1. The molecular weight excluding hydrogens is 390 g/mol. The number of hydrogen-bond acceptors (Lipinski definition) is 7. The number of fused-ring (bicyclic) bond motifs is 1. The van der Waals surface area contributed by atoms with E-state index < -0.39 is 11.8 Å². The molecular formula is C22H23NO5S. The van der Waals surface area contributed by atoms with E-state index in [1.165, 1.54) is 0 Å². The first kappa shape index (κ1) is 20.8. The number of nitrogens with zero attached hydrogens (tertiary/aromatic N) is 1. The number of carbonyl (C=O) groups is 2. The lowest BCUT2D eigenvalue weighted by Crippen LogP contribution is -2.23. The topological polar surface area (TPSA) is 65.1 Å².